The van der Waals surface area contributed by atoms with Crippen molar-refractivity contribution in [2.45, 2.75) is 31.3 Å². The average molecular weight is 408 g/mol. The van der Waals surface area contributed by atoms with Gasteiger partial charge < -0.3 is 9.64 Å². The van der Waals surface area contributed by atoms with Gasteiger partial charge in [-0.25, -0.2) is 12.8 Å². The molecule has 1 atom stereocenters. The normalized spacial score (nSPS) is 12.6. The smallest absolute Gasteiger partial charge is 0.244 e. The van der Waals surface area contributed by atoms with E-state index in [0.717, 1.165) is 11.6 Å². The molecule has 0 aromatic heterocycles. The van der Waals surface area contributed by atoms with E-state index < -0.39 is 32.7 Å². The number of halogens is 1. The van der Waals surface area contributed by atoms with Crippen molar-refractivity contribution in [3.8, 4) is 5.75 Å². The molecule has 0 saturated carbocycles. The van der Waals surface area contributed by atoms with Gasteiger partial charge in [-0.05, 0) is 35.7 Å². The fourth-order valence-corrected chi connectivity index (χ4v) is 4.14. The Morgan fingerprint density at radius 3 is 2.46 bits per heavy atom. The number of hydrogen-bond donors (Lipinski definition) is 1. The molecule has 28 heavy (non-hydrogen) atoms. The first-order chi connectivity index (χ1) is 13.2. The van der Waals surface area contributed by atoms with E-state index in [1.165, 1.54) is 23.1 Å². The zero-order chi connectivity index (χ0) is 20.9. The lowest BCUT2D eigenvalue weighted by molar-refractivity contribution is -0.133. The van der Waals surface area contributed by atoms with Gasteiger partial charge in [0.2, 0.25) is 15.9 Å². The van der Waals surface area contributed by atoms with Gasteiger partial charge >= 0.3 is 0 Å². The number of nitrogens with one attached hydrogen (secondary N) is 1. The lowest BCUT2D eigenvalue weighted by Gasteiger charge is -2.27. The first-order valence-electron chi connectivity index (χ1n) is 8.80. The number of rotatable bonds is 8. The molecule has 0 spiro atoms. The lowest BCUT2D eigenvalue weighted by Crippen LogP contribution is -2.50. The fraction of sp³-hybridized carbons (Fsp3) is 0.350. The summed E-state index contributed by atoms with van der Waals surface area (Å²) in [6, 6.07) is 11.3. The summed E-state index contributed by atoms with van der Waals surface area (Å²) in [6.07, 6.45) is 0. The van der Waals surface area contributed by atoms with Crippen molar-refractivity contribution in [3.63, 3.8) is 0 Å². The van der Waals surface area contributed by atoms with Gasteiger partial charge in [0.25, 0.3) is 0 Å². The summed E-state index contributed by atoms with van der Waals surface area (Å²) < 4.78 is 46.7. The van der Waals surface area contributed by atoms with Crippen LogP contribution in [0.15, 0.2) is 53.4 Å². The van der Waals surface area contributed by atoms with Crippen molar-refractivity contribution in [2.24, 2.45) is 5.92 Å². The largest absolute Gasteiger partial charge is 0.497 e. The summed E-state index contributed by atoms with van der Waals surface area (Å²) in [5, 5.41) is 0. The Balaban J connectivity index is 2.20. The quantitative estimate of drug-likeness (QED) is 0.729. The molecule has 0 saturated heterocycles. The van der Waals surface area contributed by atoms with E-state index in [-0.39, 0.29) is 12.5 Å². The molecule has 6 nitrogen and oxygen atoms in total. The van der Waals surface area contributed by atoms with Crippen LogP contribution in [0, 0.1) is 11.7 Å². The second-order valence-electron chi connectivity index (χ2n) is 6.82. The van der Waals surface area contributed by atoms with Crippen molar-refractivity contribution in [1.82, 2.24) is 9.62 Å². The van der Waals surface area contributed by atoms with Crippen LogP contribution < -0.4 is 9.46 Å². The van der Waals surface area contributed by atoms with Gasteiger partial charge in [0, 0.05) is 13.6 Å². The highest BCUT2D eigenvalue weighted by Crippen LogP contribution is 2.18. The zero-order valence-electron chi connectivity index (χ0n) is 16.3. The van der Waals surface area contributed by atoms with E-state index in [9.17, 15) is 17.6 Å². The number of nitrogens with zero attached hydrogens (tertiary/aromatic N) is 1. The fourth-order valence-electron chi connectivity index (χ4n) is 2.72. The van der Waals surface area contributed by atoms with E-state index in [4.69, 9.17) is 4.74 Å². The zero-order valence-corrected chi connectivity index (χ0v) is 17.2. The summed E-state index contributed by atoms with van der Waals surface area (Å²) in [6.45, 7) is 3.73. The summed E-state index contributed by atoms with van der Waals surface area (Å²) in [4.78, 5) is 13.9. The van der Waals surface area contributed by atoms with Crippen molar-refractivity contribution in [3.05, 3.63) is 59.9 Å². The Hall–Kier alpha value is -2.45. The maximum absolute atomic E-state index is 13.9. The van der Waals surface area contributed by atoms with Crippen LogP contribution in [0.25, 0.3) is 0 Å². The molecule has 0 bridgehead atoms. The minimum absolute atomic E-state index is 0.278. The van der Waals surface area contributed by atoms with Gasteiger partial charge in [0.1, 0.15) is 22.5 Å². The third-order valence-corrected chi connectivity index (χ3v) is 5.75. The minimum Gasteiger partial charge on any atom is -0.497 e. The Morgan fingerprint density at radius 2 is 1.86 bits per heavy atom. The van der Waals surface area contributed by atoms with E-state index in [0.29, 0.717) is 5.75 Å². The monoisotopic (exact) mass is 408 g/mol. The molecule has 1 unspecified atom stereocenters. The summed E-state index contributed by atoms with van der Waals surface area (Å²) >= 11 is 0. The number of sulfonamides is 1. The molecule has 1 N–H and O–H groups in total. The molecule has 8 heteroatoms. The SMILES string of the molecule is COc1cccc(CN(C)C(=O)C(NS(=O)(=O)c2ccccc2F)C(C)C)c1. The molecular weight excluding hydrogens is 383 g/mol. The Labute approximate surface area is 165 Å². The highest BCUT2D eigenvalue weighted by Gasteiger charge is 2.31. The summed E-state index contributed by atoms with van der Waals surface area (Å²) in [5.74, 6) is -0.937. The molecule has 0 aliphatic carbocycles. The first-order valence-corrected chi connectivity index (χ1v) is 10.3. The molecule has 2 rings (SSSR count). The average Bonchev–Trinajstić information content (AvgIpc) is 2.65. The van der Waals surface area contributed by atoms with Gasteiger partial charge in [-0.15, -0.1) is 0 Å². The summed E-state index contributed by atoms with van der Waals surface area (Å²) in [7, 11) is -1.04. The second-order valence-corrected chi connectivity index (χ2v) is 8.50. The number of carbonyl (C=O) groups excluding carboxylic acids is 1. The Bertz CT molecular complexity index is 931. The maximum atomic E-state index is 13.9. The predicted molar refractivity (Wildman–Crippen MR) is 105 cm³/mol. The predicted octanol–water partition coefficient (Wildman–Crippen LogP) is 2.80. The molecule has 0 heterocycles. The van der Waals surface area contributed by atoms with E-state index in [1.807, 2.05) is 12.1 Å². The van der Waals surface area contributed by atoms with Crippen molar-refractivity contribution < 1.29 is 22.3 Å². The van der Waals surface area contributed by atoms with Crippen LogP contribution in [0.2, 0.25) is 0 Å². The molecular formula is C20H25FN2O4S. The minimum atomic E-state index is -4.19. The van der Waals surface area contributed by atoms with Crippen LogP contribution in [0.1, 0.15) is 19.4 Å². The van der Waals surface area contributed by atoms with Crippen LogP contribution in [0.5, 0.6) is 5.75 Å². The van der Waals surface area contributed by atoms with Crippen molar-refractivity contribution in [2.75, 3.05) is 14.2 Å². The maximum Gasteiger partial charge on any atom is 0.244 e. The second kappa shape index (κ2) is 9.16. The molecule has 1 amide bonds. The lowest BCUT2D eigenvalue weighted by atomic mass is 10.0. The standard InChI is InChI=1S/C20H25FN2O4S/c1-14(2)19(22-28(25,26)18-11-6-5-10-17(18)21)20(24)23(3)13-15-8-7-9-16(12-15)27-4/h5-12,14,19,22H,13H2,1-4H3. The van der Waals surface area contributed by atoms with Crippen LogP contribution in [0.3, 0.4) is 0 Å². The highest BCUT2D eigenvalue weighted by atomic mass is 32.2. The number of amides is 1. The number of carbonyl (C=O) groups is 1. The number of ether oxygens (including phenoxy) is 1. The number of hydrogen-bond acceptors (Lipinski definition) is 4. The topological polar surface area (TPSA) is 75.7 Å². The molecule has 0 aliphatic rings. The van der Waals surface area contributed by atoms with Gasteiger partial charge in [-0.1, -0.05) is 38.1 Å². The van der Waals surface area contributed by atoms with Crippen molar-refractivity contribution >= 4 is 15.9 Å². The number of methoxy groups -OCH3 is 1. The van der Waals surface area contributed by atoms with E-state index >= 15 is 0 Å². The van der Waals surface area contributed by atoms with E-state index in [2.05, 4.69) is 4.72 Å². The van der Waals surface area contributed by atoms with Gasteiger partial charge in [0.05, 0.1) is 7.11 Å². The first kappa shape index (κ1) is 21.8. The number of benzene rings is 2. The van der Waals surface area contributed by atoms with Crippen molar-refractivity contribution in [1.29, 1.82) is 0 Å². The highest BCUT2D eigenvalue weighted by molar-refractivity contribution is 7.89. The molecule has 2 aromatic rings. The molecule has 0 radical (unpaired) electrons. The van der Waals surface area contributed by atoms with Gasteiger partial charge in [-0.2, -0.15) is 4.72 Å². The van der Waals surface area contributed by atoms with Crippen LogP contribution >= 0.6 is 0 Å². The van der Waals surface area contributed by atoms with Gasteiger partial charge in [-0.3, -0.25) is 4.79 Å². The third kappa shape index (κ3) is 5.30. The molecule has 152 valence electrons. The Kier molecular flexibility index (Phi) is 7.15. The van der Waals surface area contributed by atoms with Crippen LogP contribution in [0.4, 0.5) is 4.39 Å². The van der Waals surface area contributed by atoms with Crippen LogP contribution in [-0.2, 0) is 21.4 Å². The Morgan fingerprint density at radius 1 is 1.18 bits per heavy atom. The summed E-state index contributed by atoms with van der Waals surface area (Å²) in [5.41, 5.74) is 0.842. The molecule has 0 aliphatic heterocycles. The molecule has 2 aromatic carbocycles. The third-order valence-electron chi connectivity index (χ3n) is 4.27. The van der Waals surface area contributed by atoms with Gasteiger partial charge in [0.15, 0.2) is 0 Å². The number of likely N-dealkylation sites (N-methyl/N-ethyl adjacent to an activating group) is 1. The van der Waals surface area contributed by atoms with Crippen LogP contribution in [-0.4, -0.2) is 39.4 Å². The molecule has 0 fully saturated rings. The van der Waals surface area contributed by atoms with E-state index in [1.54, 1.807) is 40.1 Å².